The van der Waals surface area contributed by atoms with Crippen LogP contribution in [-0.2, 0) is 9.47 Å². The van der Waals surface area contributed by atoms with Gasteiger partial charge in [0.2, 0.25) is 0 Å². The molecule has 3 aliphatic rings. The summed E-state index contributed by atoms with van der Waals surface area (Å²) in [6, 6.07) is 10.1. The summed E-state index contributed by atoms with van der Waals surface area (Å²) >= 11 is 0. The van der Waals surface area contributed by atoms with E-state index in [1.807, 2.05) is 0 Å². The summed E-state index contributed by atoms with van der Waals surface area (Å²) in [5, 5.41) is 0. The highest BCUT2D eigenvalue weighted by atomic mass is 16.5. The first-order valence-corrected chi connectivity index (χ1v) is 9.90. The van der Waals surface area contributed by atoms with E-state index in [0.717, 1.165) is 25.9 Å². The van der Waals surface area contributed by atoms with Crippen molar-refractivity contribution in [1.29, 1.82) is 0 Å². The van der Waals surface area contributed by atoms with Gasteiger partial charge in [0.15, 0.2) is 0 Å². The van der Waals surface area contributed by atoms with Crippen molar-refractivity contribution >= 4 is 5.69 Å². The number of likely N-dealkylation sites (N-methyl/N-ethyl adjacent to an activating group) is 1. The van der Waals surface area contributed by atoms with Crippen LogP contribution in [-0.4, -0.2) is 62.5 Å². The van der Waals surface area contributed by atoms with Crippen molar-refractivity contribution < 1.29 is 9.47 Å². The summed E-state index contributed by atoms with van der Waals surface area (Å²) in [4.78, 5) is 5.10. The minimum atomic E-state index is 0.116. The second kappa shape index (κ2) is 7.26. The van der Waals surface area contributed by atoms with Gasteiger partial charge in [-0.25, -0.2) is 0 Å². The Labute approximate surface area is 152 Å². The number of hydrogen-bond donors (Lipinski definition) is 0. The van der Waals surface area contributed by atoms with E-state index in [4.69, 9.17) is 9.47 Å². The molecule has 0 saturated carbocycles. The number of benzene rings is 1. The monoisotopic (exact) mass is 344 g/mol. The molecule has 1 unspecified atom stereocenters. The number of rotatable bonds is 3. The van der Waals surface area contributed by atoms with Crippen molar-refractivity contribution in [2.75, 3.05) is 44.9 Å². The summed E-state index contributed by atoms with van der Waals surface area (Å²) in [7, 11) is 2.22. The van der Waals surface area contributed by atoms with Gasteiger partial charge in [0, 0.05) is 45.1 Å². The first kappa shape index (κ1) is 17.3. The van der Waals surface area contributed by atoms with Gasteiger partial charge in [0.25, 0.3) is 0 Å². The maximum atomic E-state index is 6.40. The van der Waals surface area contributed by atoms with E-state index in [-0.39, 0.29) is 5.60 Å². The summed E-state index contributed by atoms with van der Waals surface area (Å²) in [5.41, 5.74) is 2.73. The predicted octanol–water partition coefficient (Wildman–Crippen LogP) is 3.23. The van der Waals surface area contributed by atoms with Gasteiger partial charge in [0.1, 0.15) is 0 Å². The van der Waals surface area contributed by atoms with Gasteiger partial charge < -0.3 is 14.4 Å². The van der Waals surface area contributed by atoms with Crippen molar-refractivity contribution in [3.05, 3.63) is 29.8 Å². The van der Waals surface area contributed by atoms with Gasteiger partial charge >= 0.3 is 0 Å². The third-order valence-electron chi connectivity index (χ3n) is 6.59. The minimum Gasteiger partial charge on any atom is -0.381 e. The van der Waals surface area contributed by atoms with Crippen molar-refractivity contribution in [2.24, 2.45) is 0 Å². The third-order valence-corrected chi connectivity index (χ3v) is 6.59. The van der Waals surface area contributed by atoms with Gasteiger partial charge in [0.05, 0.1) is 18.2 Å². The van der Waals surface area contributed by atoms with Crippen molar-refractivity contribution in [3.63, 3.8) is 0 Å². The molecule has 0 N–H and O–H groups in total. The molecular weight excluding hydrogens is 312 g/mol. The van der Waals surface area contributed by atoms with E-state index in [1.54, 1.807) is 0 Å². The van der Waals surface area contributed by atoms with E-state index in [0.29, 0.717) is 6.04 Å². The van der Waals surface area contributed by atoms with Crippen molar-refractivity contribution in [1.82, 2.24) is 4.90 Å². The van der Waals surface area contributed by atoms with E-state index < -0.39 is 0 Å². The number of nitrogens with zero attached hydrogens (tertiary/aromatic N) is 2. The SMILES string of the molecule is Cc1ccc(N(C)C2COC3(CCN(C4CCOCC4)CC3)C2)cc1. The van der Waals surface area contributed by atoms with Crippen LogP contribution < -0.4 is 4.90 Å². The topological polar surface area (TPSA) is 24.9 Å². The highest BCUT2D eigenvalue weighted by molar-refractivity contribution is 5.48. The molecule has 0 aromatic heterocycles. The standard InChI is InChI=1S/C21H32N2O2/c1-17-3-5-18(6-4-17)22(2)20-15-21(25-16-20)9-11-23(12-10-21)19-7-13-24-14-8-19/h3-6,19-20H,7-16H2,1-2H3. The lowest BCUT2D eigenvalue weighted by Crippen LogP contribution is -2.49. The zero-order valence-electron chi connectivity index (χ0n) is 15.7. The molecule has 1 spiro atoms. The highest BCUT2D eigenvalue weighted by Gasteiger charge is 2.44. The molecule has 0 radical (unpaired) electrons. The molecule has 0 amide bonds. The maximum Gasteiger partial charge on any atom is 0.0728 e. The quantitative estimate of drug-likeness (QED) is 0.840. The largest absolute Gasteiger partial charge is 0.381 e. The number of likely N-dealkylation sites (tertiary alicyclic amines) is 1. The van der Waals surface area contributed by atoms with Crippen LogP contribution in [0.25, 0.3) is 0 Å². The number of hydrogen-bond acceptors (Lipinski definition) is 4. The summed E-state index contributed by atoms with van der Waals surface area (Å²) in [5.74, 6) is 0. The zero-order valence-corrected chi connectivity index (χ0v) is 15.7. The predicted molar refractivity (Wildman–Crippen MR) is 101 cm³/mol. The third kappa shape index (κ3) is 3.71. The van der Waals surface area contributed by atoms with Gasteiger partial charge in [-0.1, -0.05) is 17.7 Å². The Balaban J connectivity index is 1.33. The first-order valence-electron chi connectivity index (χ1n) is 9.90. The smallest absolute Gasteiger partial charge is 0.0728 e. The fraction of sp³-hybridized carbons (Fsp3) is 0.714. The fourth-order valence-electron chi connectivity index (χ4n) is 4.76. The molecule has 138 valence electrons. The molecule has 1 atom stereocenters. The molecule has 3 saturated heterocycles. The van der Waals surface area contributed by atoms with E-state index in [1.165, 1.54) is 56.4 Å². The Hall–Kier alpha value is -1.10. The molecule has 0 aliphatic carbocycles. The van der Waals surface area contributed by atoms with Crippen LogP contribution in [0.4, 0.5) is 5.69 Å². The first-order chi connectivity index (χ1) is 12.2. The second-order valence-corrected chi connectivity index (χ2v) is 8.18. The van der Waals surface area contributed by atoms with Gasteiger partial charge in [-0.15, -0.1) is 0 Å². The van der Waals surface area contributed by atoms with E-state index in [2.05, 4.69) is 48.0 Å². The molecule has 4 rings (SSSR count). The molecule has 3 aliphatic heterocycles. The Morgan fingerprint density at radius 3 is 2.44 bits per heavy atom. The fourth-order valence-corrected chi connectivity index (χ4v) is 4.76. The van der Waals surface area contributed by atoms with Crippen LogP contribution in [0.5, 0.6) is 0 Å². The van der Waals surface area contributed by atoms with Crippen LogP contribution in [0.2, 0.25) is 0 Å². The molecule has 0 bridgehead atoms. The number of anilines is 1. The molecule has 1 aromatic carbocycles. The van der Waals surface area contributed by atoms with E-state index in [9.17, 15) is 0 Å². The molecule has 3 fully saturated rings. The second-order valence-electron chi connectivity index (χ2n) is 8.18. The highest BCUT2D eigenvalue weighted by Crippen LogP contribution is 2.39. The van der Waals surface area contributed by atoms with Gasteiger partial charge in [-0.3, -0.25) is 4.90 Å². The van der Waals surface area contributed by atoms with Crippen LogP contribution in [0.3, 0.4) is 0 Å². The van der Waals surface area contributed by atoms with Crippen LogP contribution in [0, 0.1) is 6.92 Å². The summed E-state index contributed by atoms with van der Waals surface area (Å²) < 4.78 is 11.9. The molecule has 1 aromatic rings. The molecule has 25 heavy (non-hydrogen) atoms. The van der Waals surface area contributed by atoms with E-state index >= 15 is 0 Å². The normalized spacial score (nSPS) is 27.7. The number of piperidine rings is 1. The van der Waals surface area contributed by atoms with Crippen molar-refractivity contribution in [2.45, 2.75) is 56.7 Å². The maximum absolute atomic E-state index is 6.40. The molecular formula is C21H32N2O2. The van der Waals surface area contributed by atoms with Crippen LogP contribution >= 0.6 is 0 Å². The Morgan fingerprint density at radius 1 is 1.08 bits per heavy atom. The summed E-state index contributed by atoms with van der Waals surface area (Å²) in [6.45, 7) is 7.25. The lowest BCUT2D eigenvalue weighted by molar-refractivity contribution is -0.0612. The summed E-state index contributed by atoms with van der Waals surface area (Å²) in [6.07, 6.45) is 5.93. The number of ether oxygens (including phenoxy) is 2. The lowest BCUT2D eigenvalue weighted by Gasteiger charge is -2.43. The molecule has 3 heterocycles. The van der Waals surface area contributed by atoms with Crippen LogP contribution in [0.1, 0.15) is 37.7 Å². The average Bonchev–Trinajstić information content (AvgIpc) is 3.07. The number of aryl methyl sites for hydroxylation is 1. The van der Waals surface area contributed by atoms with Crippen LogP contribution in [0.15, 0.2) is 24.3 Å². The van der Waals surface area contributed by atoms with Gasteiger partial charge in [-0.2, -0.15) is 0 Å². The zero-order chi connectivity index (χ0) is 17.3. The Morgan fingerprint density at radius 2 is 1.76 bits per heavy atom. The Kier molecular flexibility index (Phi) is 5.03. The lowest BCUT2D eigenvalue weighted by atomic mass is 9.86. The van der Waals surface area contributed by atoms with Crippen molar-refractivity contribution in [3.8, 4) is 0 Å². The minimum absolute atomic E-state index is 0.116. The molecule has 4 heteroatoms. The Bertz CT molecular complexity index is 560. The average molecular weight is 344 g/mol. The van der Waals surface area contributed by atoms with Gasteiger partial charge in [-0.05, 0) is 51.2 Å². The molecule has 4 nitrogen and oxygen atoms in total.